The van der Waals surface area contributed by atoms with Crippen molar-refractivity contribution in [2.24, 2.45) is 11.8 Å². The Kier molecular flexibility index (Phi) is 6.76. The molecule has 0 spiro atoms. The average molecular weight is 385 g/mol. The summed E-state index contributed by atoms with van der Waals surface area (Å²) in [5, 5.41) is 0. The van der Waals surface area contributed by atoms with Gasteiger partial charge in [0.25, 0.3) is 0 Å². The molecule has 3 saturated carbocycles. The van der Waals surface area contributed by atoms with Crippen molar-refractivity contribution < 1.29 is 4.43 Å². The molecule has 0 aliphatic heterocycles. The van der Waals surface area contributed by atoms with E-state index in [9.17, 15) is 0 Å². The van der Waals surface area contributed by atoms with Gasteiger partial charge < -0.3 is 4.43 Å². The highest BCUT2D eigenvalue weighted by atomic mass is 28.2. The molecule has 0 N–H and O–H groups in total. The van der Waals surface area contributed by atoms with Crippen LogP contribution in [-0.4, -0.2) is 10.5 Å². The molecule has 0 bridgehead atoms. The third-order valence-electron chi connectivity index (χ3n) is 8.19. The number of benzene rings is 1. The van der Waals surface area contributed by atoms with E-state index in [1.807, 2.05) is 0 Å². The molecule has 0 saturated heterocycles. The van der Waals surface area contributed by atoms with Gasteiger partial charge in [-0.3, -0.25) is 0 Å². The molecule has 1 aromatic carbocycles. The van der Waals surface area contributed by atoms with E-state index in [1.54, 1.807) is 11.1 Å². The van der Waals surface area contributed by atoms with Crippen LogP contribution in [0.2, 0.25) is 0 Å². The lowest BCUT2D eigenvalue weighted by atomic mass is 9.62. The van der Waals surface area contributed by atoms with Crippen LogP contribution in [0.25, 0.3) is 0 Å². The largest absolute Gasteiger partial charge is 0.418 e. The van der Waals surface area contributed by atoms with Crippen LogP contribution in [-0.2, 0) is 10.0 Å². The Bertz CT molecular complexity index is 562. The van der Waals surface area contributed by atoms with Gasteiger partial charge in [0.15, 0.2) is 0 Å². The highest BCUT2D eigenvalue weighted by Gasteiger charge is 2.48. The van der Waals surface area contributed by atoms with E-state index < -0.39 is 0 Å². The van der Waals surface area contributed by atoms with Gasteiger partial charge in [-0.25, -0.2) is 0 Å². The number of hydrogen-bond donors (Lipinski definition) is 0. The molecule has 1 aromatic rings. The van der Waals surface area contributed by atoms with Crippen LogP contribution < -0.4 is 0 Å². The van der Waals surface area contributed by atoms with Gasteiger partial charge in [0.2, 0.25) is 0 Å². The van der Waals surface area contributed by atoms with Gasteiger partial charge >= 0.3 is 0 Å². The molecule has 0 amide bonds. The Hall–Kier alpha value is -0.603. The first kappa shape index (κ1) is 19.7. The molecule has 3 aliphatic carbocycles. The number of hydrogen-bond acceptors (Lipinski definition) is 1. The summed E-state index contributed by atoms with van der Waals surface area (Å²) >= 11 is 0. The van der Waals surface area contributed by atoms with Crippen molar-refractivity contribution in [3.05, 3.63) is 35.4 Å². The quantitative estimate of drug-likeness (QED) is 0.535. The van der Waals surface area contributed by atoms with Crippen LogP contribution in [0.4, 0.5) is 0 Å². The molecule has 4 rings (SSSR count). The maximum absolute atomic E-state index is 6.87. The SMILES string of the molecule is [SiH3]OC(c1ccccc1C1CCCCC1)(C1CCCCC1)C1CCCCC1. The first-order valence-corrected chi connectivity index (χ1v) is 12.8. The molecule has 0 radical (unpaired) electrons. The highest BCUT2D eigenvalue weighted by molar-refractivity contribution is 5.98. The van der Waals surface area contributed by atoms with E-state index in [0.717, 1.165) is 28.2 Å². The fourth-order valence-corrected chi connectivity index (χ4v) is 7.79. The van der Waals surface area contributed by atoms with Crippen molar-refractivity contribution in [3.63, 3.8) is 0 Å². The van der Waals surface area contributed by atoms with Crippen LogP contribution in [0.1, 0.15) is 113 Å². The zero-order chi connectivity index (χ0) is 18.5. The van der Waals surface area contributed by atoms with Gasteiger partial charge in [0.1, 0.15) is 10.5 Å². The summed E-state index contributed by atoms with van der Waals surface area (Å²) in [5.74, 6) is 2.27. The van der Waals surface area contributed by atoms with Crippen LogP contribution in [0.5, 0.6) is 0 Å². The predicted octanol–water partition coefficient (Wildman–Crippen LogP) is 6.39. The molecule has 0 aromatic heterocycles. The Balaban J connectivity index is 1.78. The maximum atomic E-state index is 6.87. The summed E-state index contributed by atoms with van der Waals surface area (Å²) in [6.45, 7) is 0. The molecule has 1 nitrogen and oxygen atoms in total. The minimum absolute atomic E-state index is 0.0289. The smallest absolute Gasteiger partial charge is 0.147 e. The van der Waals surface area contributed by atoms with Crippen LogP contribution in [0.15, 0.2) is 24.3 Å². The molecule has 0 atom stereocenters. The summed E-state index contributed by atoms with van der Waals surface area (Å²) in [4.78, 5) is 0. The van der Waals surface area contributed by atoms with E-state index in [4.69, 9.17) is 4.43 Å². The fraction of sp³-hybridized carbons (Fsp3) is 0.760. The summed E-state index contributed by atoms with van der Waals surface area (Å²) in [7, 11) is 0.860. The predicted molar refractivity (Wildman–Crippen MR) is 118 cm³/mol. The van der Waals surface area contributed by atoms with E-state index >= 15 is 0 Å². The maximum Gasteiger partial charge on any atom is 0.147 e. The topological polar surface area (TPSA) is 9.23 Å². The Morgan fingerprint density at radius 1 is 0.667 bits per heavy atom. The second kappa shape index (κ2) is 9.26. The van der Waals surface area contributed by atoms with Crippen molar-refractivity contribution >= 4 is 10.5 Å². The molecule has 3 fully saturated rings. The van der Waals surface area contributed by atoms with Crippen LogP contribution >= 0.6 is 0 Å². The van der Waals surface area contributed by atoms with Crippen molar-refractivity contribution in [2.75, 3.05) is 0 Å². The molecular formula is C25H40OSi. The van der Waals surface area contributed by atoms with E-state index in [-0.39, 0.29) is 5.60 Å². The molecule has 0 unspecified atom stereocenters. The highest BCUT2D eigenvalue weighted by Crippen LogP contribution is 2.53. The van der Waals surface area contributed by atoms with Gasteiger partial charge in [-0.2, -0.15) is 0 Å². The van der Waals surface area contributed by atoms with Crippen LogP contribution in [0.3, 0.4) is 0 Å². The lowest BCUT2D eigenvalue weighted by Gasteiger charge is -2.50. The second-order valence-electron chi connectivity index (χ2n) is 9.59. The van der Waals surface area contributed by atoms with Crippen molar-refractivity contribution in [1.82, 2.24) is 0 Å². The normalized spacial score (nSPS) is 24.3. The first-order valence-electron chi connectivity index (χ1n) is 12.0. The Morgan fingerprint density at radius 3 is 1.67 bits per heavy atom. The van der Waals surface area contributed by atoms with Crippen molar-refractivity contribution in [2.45, 2.75) is 108 Å². The van der Waals surface area contributed by atoms with Crippen LogP contribution in [0, 0.1) is 11.8 Å². The fourth-order valence-electron chi connectivity index (χ4n) is 6.90. The Labute approximate surface area is 170 Å². The molecule has 150 valence electrons. The molecule has 2 heteroatoms. The minimum atomic E-state index is 0.0289. The third-order valence-corrected chi connectivity index (χ3v) is 8.86. The lowest BCUT2D eigenvalue weighted by molar-refractivity contribution is -0.0726. The minimum Gasteiger partial charge on any atom is -0.418 e. The zero-order valence-corrected chi connectivity index (χ0v) is 19.6. The first-order chi connectivity index (χ1) is 13.4. The summed E-state index contributed by atoms with van der Waals surface area (Å²) in [6, 6.07) is 9.58. The number of rotatable bonds is 5. The second-order valence-corrected chi connectivity index (χ2v) is 10.00. The molecule has 27 heavy (non-hydrogen) atoms. The van der Waals surface area contributed by atoms with Gasteiger partial charge in [0.05, 0.1) is 5.60 Å². The summed E-state index contributed by atoms with van der Waals surface area (Å²) in [6.07, 6.45) is 21.1. The van der Waals surface area contributed by atoms with Gasteiger partial charge in [-0.15, -0.1) is 0 Å². The lowest BCUT2D eigenvalue weighted by Crippen LogP contribution is -2.47. The van der Waals surface area contributed by atoms with E-state index in [1.165, 1.54) is 96.3 Å². The molecule has 3 aliphatic rings. The van der Waals surface area contributed by atoms with Gasteiger partial charge in [-0.05, 0) is 67.4 Å². The van der Waals surface area contributed by atoms with E-state index in [2.05, 4.69) is 24.3 Å². The van der Waals surface area contributed by atoms with Crippen molar-refractivity contribution in [1.29, 1.82) is 0 Å². The Morgan fingerprint density at radius 2 is 1.15 bits per heavy atom. The molecule has 0 heterocycles. The monoisotopic (exact) mass is 384 g/mol. The molecular weight excluding hydrogens is 344 g/mol. The van der Waals surface area contributed by atoms with E-state index in [0.29, 0.717) is 0 Å². The third kappa shape index (κ3) is 3.94. The standard InChI is InChI=1S/C25H40OSi/c27-26-25(21-14-6-2-7-15-21,22-16-8-3-9-17-22)24-19-11-10-18-23(24)20-12-4-1-5-13-20/h10-11,18-22H,1-9,12-17H2,27H3. The van der Waals surface area contributed by atoms with Crippen molar-refractivity contribution in [3.8, 4) is 0 Å². The van der Waals surface area contributed by atoms with Gasteiger partial charge in [-0.1, -0.05) is 82.1 Å². The summed E-state index contributed by atoms with van der Waals surface area (Å²) in [5.41, 5.74) is 3.33. The van der Waals surface area contributed by atoms with Gasteiger partial charge in [0, 0.05) is 0 Å². The zero-order valence-electron chi connectivity index (χ0n) is 17.6. The average Bonchev–Trinajstić information content (AvgIpc) is 2.77. The summed E-state index contributed by atoms with van der Waals surface area (Å²) < 4.78 is 6.87.